The van der Waals surface area contributed by atoms with Crippen LogP contribution < -0.4 is 14.6 Å². The Morgan fingerprint density at radius 2 is 1.78 bits per heavy atom. The van der Waals surface area contributed by atoms with Crippen LogP contribution in [0.5, 0.6) is 5.88 Å². The van der Waals surface area contributed by atoms with Crippen LogP contribution in [0.4, 0.5) is 24.5 Å². The molecule has 41 heavy (non-hydrogen) atoms. The number of ether oxygens (including phenoxy) is 1. The van der Waals surface area contributed by atoms with E-state index >= 15 is 0 Å². The fourth-order valence-electron chi connectivity index (χ4n) is 4.29. The molecule has 0 saturated heterocycles. The van der Waals surface area contributed by atoms with Gasteiger partial charge in [-0.1, -0.05) is 36.7 Å². The lowest BCUT2D eigenvalue weighted by atomic mass is 9.97. The molecule has 1 aliphatic heterocycles. The normalized spacial score (nSPS) is 16.8. The predicted molar refractivity (Wildman–Crippen MR) is 155 cm³/mol. The highest BCUT2D eigenvalue weighted by molar-refractivity contribution is 14.1. The number of rotatable bonds is 8. The SMILES string of the molecule is CC(C)C1N=NN(c2c(Cl)cccc2I)C1COc1ccc(N(C)C(=O)c2ccc(C(=O)O)cc2)c(C(F)(F)F)n1. The number of alkyl halides is 3. The van der Waals surface area contributed by atoms with E-state index in [1.165, 1.54) is 37.4 Å². The molecule has 2 unspecified atom stereocenters. The number of aromatic carboxylic acids is 1. The third kappa shape index (κ3) is 6.56. The number of benzene rings is 2. The summed E-state index contributed by atoms with van der Waals surface area (Å²) in [5.41, 5.74) is -1.24. The maximum Gasteiger partial charge on any atom is 0.435 e. The number of carbonyl (C=O) groups excluding carboxylic acids is 1. The molecular weight excluding hydrogens is 678 g/mol. The molecule has 2 aromatic carbocycles. The Morgan fingerprint density at radius 1 is 1.12 bits per heavy atom. The summed E-state index contributed by atoms with van der Waals surface area (Å²) in [4.78, 5) is 28.5. The fourth-order valence-corrected chi connectivity index (χ4v) is 5.46. The zero-order valence-corrected chi connectivity index (χ0v) is 24.8. The molecule has 4 rings (SSSR count). The van der Waals surface area contributed by atoms with Crippen molar-refractivity contribution in [2.45, 2.75) is 32.1 Å². The number of aromatic nitrogens is 1. The maximum absolute atomic E-state index is 14.1. The smallest absolute Gasteiger partial charge is 0.435 e. The van der Waals surface area contributed by atoms with Crippen LogP contribution in [0.1, 0.15) is 40.3 Å². The Morgan fingerprint density at radius 3 is 2.37 bits per heavy atom. The van der Waals surface area contributed by atoms with Crippen molar-refractivity contribution in [3.05, 3.63) is 80.0 Å². The van der Waals surface area contributed by atoms with Crippen LogP contribution in [-0.4, -0.2) is 47.7 Å². The van der Waals surface area contributed by atoms with Crippen molar-refractivity contribution in [2.75, 3.05) is 23.6 Å². The third-order valence-corrected chi connectivity index (χ3v) is 7.58. The number of hydrogen-bond donors (Lipinski definition) is 1. The van der Waals surface area contributed by atoms with Crippen LogP contribution in [0.3, 0.4) is 0 Å². The van der Waals surface area contributed by atoms with E-state index in [2.05, 4.69) is 37.9 Å². The topological polar surface area (TPSA) is 108 Å². The largest absolute Gasteiger partial charge is 0.478 e. The molecule has 1 N–H and O–H groups in total. The fraction of sp³-hybridized carbons (Fsp3) is 0.296. The molecule has 0 spiro atoms. The minimum absolute atomic E-state index is 0.00806. The molecule has 1 aromatic heterocycles. The van der Waals surface area contributed by atoms with Crippen LogP contribution in [0.25, 0.3) is 0 Å². The first-order valence-electron chi connectivity index (χ1n) is 12.3. The number of nitrogens with zero attached hydrogens (tertiary/aromatic N) is 5. The Bertz CT molecular complexity index is 1470. The van der Waals surface area contributed by atoms with Gasteiger partial charge in [0.2, 0.25) is 5.88 Å². The molecule has 9 nitrogen and oxygen atoms in total. The van der Waals surface area contributed by atoms with Gasteiger partial charge >= 0.3 is 12.1 Å². The summed E-state index contributed by atoms with van der Waals surface area (Å²) < 4.78 is 48.9. The zero-order chi connectivity index (χ0) is 30.1. The predicted octanol–water partition coefficient (Wildman–Crippen LogP) is 6.99. The van der Waals surface area contributed by atoms with Gasteiger partial charge in [-0.05, 0) is 71.0 Å². The van der Waals surface area contributed by atoms with E-state index in [0.29, 0.717) is 10.7 Å². The number of halogens is 5. The number of carboxylic acids is 1. The van der Waals surface area contributed by atoms with E-state index in [9.17, 15) is 22.8 Å². The summed E-state index contributed by atoms with van der Waals surface area (Å²) in [5.74, 6) is -2.22. The number of anilines is 2. The molecule has 0 fully saturated rings. The third-order valence-electron chi connectivity index (χ3n) is 6.40. The first-order chi connectivity index (χ1) is 19.3. The molecule has 0 saturated carbocycles. The highest BCUT2D eigenvalue weighted by atomic mass is 127. The monoisotopic (exact) mass is 701 g/mol. The second-order valence-electron chi connectivity index (χ2n) is 9.49. The van der Waals surface area contributed by atoms with Crippen molar-refractivity contribution >= 4 is 57.4 Å². The second kappa shape index (κ2) is 12.2. The van der Waals surface area contributed by atoms with Crippen molar-refractivity contribution in [3.8, 4) is 5.88 Å². The molecule has 0 aliphatic carbocycles. The molecular formula is C27H24ClF3IN5O4. The lowest BCUT2D eigenvalue weighted by Crippen LogP contribution is -2.42. The number of pyridine rings is 1. The molecule has 1 aliphatic rings. The number of carbonyl (C=O) groups is 2. The van der Waals surface area contributed by atoms with Crippen molar-refractivity contribution in [3.63, 3.8) is 0 Å². The lowest BCUT2D eigenvalue weighted by Gasteiger charge is -2.28. The minimum Gasteiger partial charge on any atom is -0.478 e. The molecule has 0 bridgehead atoms. The average molecular weight is 702 g/mol. The summed E-state index contributed by atoms with van der Waals surface area (Å²) >= 11 is 8.57. The van der Waals surface area contributed by atoms with Gasteiger partial charge in [-0.3, -0.25) is 4.79 Å². The Balaban J connectivity index is 1.60. The second-order valence-corrected chi connectivity index (χ2v) is 11.1. The van der Waals surface area contributed by atoms with Crippen molar-refractivity contribution in [2.24, 2.45) is 16.3 Å². The molecule has 3 aromatic rings. The standard InChI is InChI=1S/C27H24ClF3IN5O4/c1-14(2)22-20(37(35-34-22)23-17(28)5-4-6-18(23)32)13-41-21-12-11-19(24(33-21)27(29,30)31)36(3)25(38)15-7-9-16(10-8-15)26(39)40/h4-12,14,20,22H,13H2,1-3H3,(H,39,40). The van der Waals surface area contributed by atoms with Crippen LogP contribution in [-0.2, 0) is 6.18 Å². The number of para-hydroxylation sites is 1. The maximum atomic E-state index is 14.1. The van der Waals surface area contributed by atoms with Gasteiger partial charge in [0.1, 0.15) is 18.7 Å². The first kappa shape index (κ1) is 30.5. The highest BCUT2D eigenvalue weighted by Gasteiger charge is 2.40. The summed E-state index contributed by atoms with van der Waals surface area (Å²) in [5, 5.41) is 19.8. The van der Waals surface area contributed by atoms with Gasteiger partial charge in [0.25, 0.3) is 5.91 Å². The number of carboxylic acid groups (broad SMARTS) is 1. The van der Waals surface area contributed by atoms with Crippen LogP contribution in [0.15, 0.2) is 64.9 Å². The van der Waals surface area contributed by atoms with E-state index in [1.807, 2.05) is 19.9 Å². The van der Waals surface area contributed by atoms with E-state index in [0.717, 1.165) is 14.5 Å². The van der Waals surface area contributed by atoms with Gasteiger partial charge in [-0.15, -0.1) is 0 Å². The summed E-state index contributed by atoms with van der Waals surface area (Å²) in [6.07, 6.45) is -4.91. The van der Waals surface area contributed by atoms with Crippen LogP contribution >= 0.6 is 34.2 Å². The van der Waals surface area contributed by atoms with E-state index in [4.69, 9.17) is 21.4 Å². The Hall–Kier alpha value is -3.46. The van der Waals surface area contributed by atoms with Gasteiger partial charge in [-0.25, -0.2) is 14.8 Å². The molecule has 2 heterocycles. The first-order valence-corrected chi connectivity index (χ1v) is 13.7. The van der Waals surface area contributed by atoms with Gasteiger partial charge in [0.05, 0.1) is 22.0 Å². The van der Waals surface area contributed by atoms with E-state index in [-0.39, 0.29) is 35.6 Å². The molecule has 216 valence electrons. The van der Waals surface area contributed by atoms with Gasteiger partial charge in [-0.2, -0.15) is 18.3 Å². The van der Waals surface area contributed by atoms with E-state index in [1.54, 1.807) is 17.1 Å². The van der Waals surface area contributed by atoms with Crippen molar-refractivity contribution in [1.29, 1.82) is 0 Å². The van der Waals surface area contributed by atoms with Gasteiger partial charge in [0.15, 0.2) is 5.69 Å². The number of hydrogen-bond acceptors (Lipinski definition) is 7. The van der Waals surface area contributed by atoms with Gasteiger partial charge < -0.3 is 14.7 Å². The lowest BCUT2D eigenvalue weighted by molar-refractivity contribution is -0.140. The molecule has 2 atom stereocenters. The zero-order valence-electron chi connectivity index (χ0n) is 21.9. The van der Waals surface area contributed by atoms with Crippen LogP contribution in [0, 0.1) is 9.49 Å². The molecule has 0 radical (unpaired) electrons. The van der Waals surface area contributed by atoms with Gasteiger partial charge in [0, 0.05) is 22.2 Å². The summed E-state index contributed by atoms with van der Waals surface area (Å²) in [6, 6.07) is 11.8. The van der Waals surface area contributed by atoms with E-state index < -0.39 is 35.5 Å². The molecule has 1 amide bonds. The number of amides is 1. The summed E-state index contributed by atoms with van der Waals surface area (Å²) in [7, 11) is 1.18. The molecule has 14 heteroatoms. The average Bonchev–Trinajstić information content (AvgIpc) is 3.34. The Labute approximate surface area is 252 Å². The van der Waals surface area contributed by atoms with Crippen molar-refractivity contribution in [1.82, 2.24) is 4.98 Å². The summed E-state index contributed by atoms with van der Waals surface area (Å²) in [6.45, 7) is 3.81. The van der Waals surface area contributed by atoms with Crippen molar-refractivity contribution < 1.29 is 32.6 Å². The quantitative estimate of drug-likeness (QED) is 0.254. The highest BCUT2D eigenvalue weighted by Crippen LogP contribution is 2.39. The van der Waals surface area contributed by atoms with Crippen LogP contribution in [0.2, 0.25) is 5.02 Å². The minimum atomic E-state index is -4.91. The Kier molecular flexibility index (Phi) is 9.07.